The van der Waals surface area contributed by atoms with Gasteiger partial charge in [-0.25, -0.2) is 5.43 Å². The van der Waals surface area contributed by atoms with E-state index in [0.717, 1.165) is 12.1 Å². The highest BCUT2D eigenvalue weighted by Crippen LogP contribution is 2.31. The molecule has 0 aliphatic heterocycles. The number of alkyl halides is 3. The molecule has 2 N–H and O–H groups in total. The molecule has 0 spiro atoms. The Bertz CT molecular complexity index is 1180. The average Bonchev–Trinajstić information content (AvgIpc) is 2.79. The number of hydrogen-bond donors (Lipinski definition) is 2. The summed E-state index contributed by atoms with van der Waals surface area (Å²) in [6.07, 6.45) is -3.06. The maximum atomic E-state index is 12.9. The van der Waals surface area contributed by atoms with Crippen molar-refractivity contribution in [2.45, 2.75) is 12.8 Å². The number of carbonyl (C=O) groups is 1. The summed E-state index contributed by atoms with van der Waals surface area (Å²) in [5.74, 6) is -0.00210. The van der Waals surface area contributed by atoms with Gasteiger partial charge in [-0.2, -0.15) is 18.3 Å². The number of carbonyl (C=O) groups excluding carboxylic acids is 1. The number of phenols is 1. The van der Waals surface area contributed by atoms with Gasteiger partial charge in [-0.05, 0) is 59.7 Å². The van der Waals surface area contributed by atoms with Crippen LogP contribution in [0.4, 0.5) is 13.2 Å². The fraction of sp³-hybridized carbons (Fsp3) is 0.130. The molecule has 0 aliphatic rings. The van der Waals surface area contributed by atoms with E-state index in [9.17, 15) is 23.1 Å². The molecule has 172 valence electrons. The van der Waals surface area contributed by atoms with Crippen molar-refractivity contribution in [1.29, 1.82) is 0 Å². The predicted molar refractivity (Wildman–Crippen MR) is 117 cm³/mol. The van der Waals surface area contributed by atoms with Gasteiger partial charge in [0.05, 0.1) is 23.9 Å². The molecule has 10 heteroatoms. The molecule has 0 aromatic heterocycles. The predicted octanol–water partition coefficient (Wildman–Crippen LogP) is 5.42. The Morgan fingerprint density at radius 3 is 2.61 bits per heavy atom. The molecule has 0 unspecified atom stereocenters. The normalized spacial score (nSPS) is 11.4. The number of hydrazone groups is 1. The van der Waals surface area contributed by atoms with Crippen LogP contribution in [-0.2, 0) is 12.8 Å². The molecule has 0 radical (unpaired) electrons. The molecule has 0 fully saturated rings. The van der Waals surface area contributed by atoms with Crippen LogP contribution in [0.5, 0.6) is 17.2 Å². The lowest BCUT2D eigenvalue weighted by Gasteiger charge is -2.12. The van der Waals surface area contributed by atoms with Crippen molar-refractivity contribution in [3.05, 3.63) is 87.9 Å². The van der Waals surface area contributed by atoms with Gasteiger partial charge in [0, 0.05) is 5.56 Å². The summed E-state index contributed by atoms with van der Waals surface area (Å²) in [7, 11) is 1.42. The molecule has 3 aromatic carbocycles. The van der Waals surface area contributed by atoms with Crippen LogP contribution in [-0.4, -0.2) is 24.3 Å². The number of methoxy groups -OCH3 is 1. The summed E-state index contributed by atoms with van der Waals surface area (Å²) in [6, 6.07) is 13.7. The number of ether oxygens (including phenoxy) is 2. The molecular weight excluding hydrogens is 461 g/mol. The second-order valence-corrected chi connectivity index (χ2v) is 7.17. The number of aromatic hydroxyl groups is 1. The Hall–Kier alpha value is -3.72. The Balaban J connectivity index is 1.64. The highest BCUT2D eigenvalue weighted by Gasteiger charge is 2.30. The number of nitrogens with zero attached hydrogens (tertiary/aromatic N) is 1. The average molecular weight is 479 g/mol. The lowest BCUT2D eigenvalue weighted by molar-refractivity contribution is -0.137. The topological polar surface area (TPSA) is 80.2 Å². The number of halogens is 4. The van der Waals surface area contributed by atoms with Crippen molar-refractivity contribution in [1.82, 2.24) is 5.43 Å². The Labute approximate surface area is 192 Å². The molecule has 0 heterocycles. The van der Waals surface area contributed by atoms with Gasteiger partial charge >= 0.3 is 6.18 Å². The second kappa shape index (κ2) is 10.3. The minimum absolute atomic E-state index is 0.0390. The van der Waals surface area contributed by atoms with Crippen molar-refractivity contribution in [3.63, 3.8) is 0 Å². The monoisotopic (exact) mass is 478 g/mol. The van der Waals surface area contributed by atoms with E-state index in [1.165, 1.54) is 43.7 Å². The third kappa shape index (κ3) is 6.39. The van der Waals surface area contributed by atoms with Crippen LogP contribution in [0.25, 0.3) is 0 Å². The van der Waals surface area contributed by atoms with E-state index in [4.69, 9.17) is 21.1 Å². The third-order valence-electron chi connectivity index (χ3n) is 4.43. The number of benzene rings is 3. The van der Waals surface area contributed by atoms with Gasteiger partial charge < -0.3 is 14.6 Å². The van der Waals surface area contributed by atoms with E-state index in [2.05, 4.69) is 10.5 Å². The van der Waals surface area contributed by atoms with E-state index in [-0.39, 0.29) is 22.9 Å². The number of amides is 1. The summed E-state index contributed by atoms with van der Waals surface area (Å²) < 4.78 is 49.5. The minimum atomic E-state index is -4.43. The highest BCUT2D eigenvalue weighted by atomic mass is 35.5. The van der Waals surface area contributed by atoms with Crippen LogP contribution in [0.15, 0.2) is 65.8 Å². The summed E-state index contributed by atoms with van der Waals surface area (Å²) in [5.41, 5.74) is 2.73. The van der Waals surface area contributed by atoms with Gasteiger partial charge in [0.25, 0.3) is 5.91 Å². The zero-order valence-corrected chi connectivity index (χ0v) is 17.9. The first-order valence-corrected chi connectivity index (χ1v) is 9.84. The molecule has 6 nitrogen and oxygen atoms in total. The summed E-state index contributed by atoms with van der Waals surface area (Å²) >= 11 is 5.78. The number of rotatable bonds is 7. The zero-order valence-electron chi connectivity index (χ0n) is 17.2. The van der Waals surface area contributed by atoms with Gasteiger partial charge in [0.2, 0.25) is 0 Å². The van der Waals surface area contributed by atoms with Crippen LogP contribution in [0.1, 0.15) is 27.0 Å². The van der Waals surface area contributed by atoms with Crippen molar-refractivity contribution in [3.8, 4) is 17.2 Å². The number of hydrogen-bond acceptors (Lipinski definition) is 5. The van der Waals surface area contributed by atoms with Gasteiger partial charge in [-0.3, -0.25) is 4.79 Å². The summed E-state index contributed by atoms with van der Waals surface area (Å²) in [5, 5.41) is 13.3. The molecular formula is C23H18ClF3N2O4. The molecule has 0 aliphatic carbocycles. The lowest BCUT2D eigenvalue weighted by Crippen LogP contribution is -2.17. The van der Waals surface area contributed by atoms with Crippen molar-refractivity contribution >= 4 is 23.7 Å². The standard InChI is InChI=1S/C23H18ClF3N2O4/c1-32-21-10-14(12-28-29-22(31)16-6-7-19(30)18(24)11-16)5-8-20(21)33-13-15-3-2-4-17(9-15)23(25,26)27/h2-12,30H,13H2,1H3,(H,29,31)/b28-12+. The molecule has 3 aromatic rings. The smallest absolute Gasteiger partial charge is 0.416 e. The minimum Gasteiger partial charge on any atom is -0.506 e. The van der Waals surface area contributed by atoms with Gasteiger partial charge in [-0.15, -0.1) is 0 Å². The van der Waals surface area contributed by atoms with E-state index >= 15 is 0 Å². The highest BCUT2D eigenvalue weighted by molar-refractivity contribution is 6.32. The maximum absolute atomic E-state index is 12.9. The van der Waals surface area contributed by atoms with Crippen LogP contribution in [0, 0.1) is 0 Å². The Morgan fingerprint density at radius 1 is 1.12 bits per heavy atom. The Kier molecular flexibility index (Phi) is 7.44. The van der Waals surface area contributed by atoms with E-state index in [0.29, 0.717) is 22.6 Å². The van der Waals surface area contributed by atoms with Gasteiger partial charge in [0.1, 0.15) is 12.4 Å². The van der Waals surface area contributed by atoms with Crippen molar-refractivity contribution in [2.24, 2.45) is 5.10 Å². The molecule has 0 bridgehead atoms. The quantitative estimate of drug-likeness (QED) is 0.351. The molecule has 0 saturated carbocycles. The first-order valence-electron chi connectivity index (χ1n) is 9.46. The molecule has 33 heavy (non-hydrogen) atoms. The van der Waals surface area contributed by atoms with E-state index < -0.39 is 17.6 Å². The summed E-state index contributed by atoms with van der Waals surface area (Å²) in [4.78, 5) is 12.1. The third-order valence-corrected chi connectivity index (χ3v) is 4.73. The van der Waals surface area contributed by atoms with Crippen LogP contribution < -0.4 is 14.9 Å². The number of phenolic OH excluding ortho intramolecular Hbond substituents is 1. The second-order valence-electron chi connectivity index (χ2n) is 6.76. The van der Waals surface area contributed by atoms with Gasteiger partial charge in [-0.1, -0.05) is 23.7 Å². The maximum Gasteiger partial charge on any atom is 0.416 e. The summed E-state index contributed by atoms with van der Waals surface area (Å²) in [6.45, 7) is -0.0844. The first kappa shape index (κ1) is 23.9. The van der Waals surface area contributed by atoms with E-state index in [1.807, 2.05) is 0 Å². The fourth-order valence-electron chi connectivity index (χ4n) is 2.76. The van der Waals surface area contributed by atoms with Crippen molar-refractivity contribution < 1.29 is 32.5 Å². The molecule has 3 rings (SSSR count). The molecule has 0 atom stereocenters. The SMILES string of the molecule is COc1cc(/C=N/NC(=O)c2ccc(O)c(Cl)c2)ccc1OCc1cccc(C(F)(F)F)c1. The largest absolute Gasteiger partial charge is 0.506 e. The molecule has 0 saturated heterocycles. The first-order chi connectivity index (χ1) is 15.7. The Morgan fingerprint density at radius 2 is 1.91 bits per heavy atom. The fourth-order valence-corrected chi connectivity index (χ4v) is 2.94. The lowest BCUT2D eigenvalue weighted by atomic mass is 10.1. The zero-order chi connectivity index (χ0) is 24.0. The van der Waals surface area contributed by atoms with Crippen LogP contribution in [0.3, 0.4) is 0 Å². The van der Waals surface area contributed by atoms with Crippen molar-refractivity contribution in [2.75, 3.05) is 7.11 Å². The van der Waals surface area contributed by atoms with Gasteiger partial charge in [0.15, 0.2) is 11.5 Å². The number of nitrogens with one attached hydrogen (secondary N) is 1. The van der Waals surface area contributed by atoms with E-state index in [1.54, 1.807) is 18.2 Å². The van der Waals surface area contributed by atoms with Crippen LogP contribution in [0.2, 0.25) is 5.02 Å². The molecule has 1 amide bonds. The van der Waals surface area contributed by atoms with Crippen LogP contribution >= 0.6 is 11.6 Å².